The second-order valence-corrected chi connectivity index (χ2v) is 4.00. The van der Waals surface area contributed by atoms with Crippen molar-refractivity contribution >= 4 is 6.29 Å². The second-order valence-electron chi connectivity index (χ2n) is 4.00. The number of hydrogen-bond donors (Lipinski definition) is 0. The molecule has 0 bridgehead atoms. The average Bonchev–Trinajstić information content (AvgIpc) is 2.69. The van der Waals surface area contributed by atoms with Crippen LogP contribution in [-0.4, -0.2) is 10.9 Å². The summed E-state index contributed by atoms with van der Waals surface area (Å²) in [5, 5.41) is 0. The van der Waals surface area contributed by atoms with Gasteiger partial charge in [-0.15, -0.1) is 0 Å². The summed E-state index contributed by atoms with van der Waals surface area (Å²) in [6, 6.07) is 1.77. The van der Waals surface area contributed by atoms with Gasteiger partial charge in [0.1, 0.15) is 0 Å². The summed E-state index contributed by atoms with van der Waals surface area (Å²) < 4.78 is 1.78. The molecule has 1 aliphatic carbocycles. The fourth-order valence-corrected chi connectivity index (χ4v) is 2.29. The monoisotopic (exact) mass is 205 g/mol. The summed E-state index contributed by atoms with van der Waals surface area (Å²) in [7, 11) is 0. The fraction of sp³-hybridized carbons (Fsp3) is 0.500. The van der Waals surface area contributed by atoms with Gasteiger partial charge in [-0.1, -0.05) is 6.92 Å². The molecule has 0 spiro atoms. The van der Waals surface area contributed by atoms with Crippen molar-refractivity contribution in [3.8, 4) is 0 Å². The largest absolute Gasteiger partial charge is 0.312 e. The standard InChI is InChI=1S/C12H15NO2/c1-2-6-13-11-5-3-4-9(11)7-10(8-14)12(13)15/h7-8H,2-6H2,1H3. The second kappa shape index (κ2) is 4.01. The van der Waals surface area contributed by atoms with Crippen molar-refractivity contribution in [1.29, 1.82) is 0 Å². The molecule has 3 nitrogen and oxygen atoms in total. The predicted octanol–water partition coefficient (Wildman–Crippen LogP) is 1.56. The first-order chi connectivity index (χ1) is 7.27. The molecule has 1 aromatic rings. The molecule has 80 valence electrons. The van der Waals surface area contributed by atoms with Gasteiger partial charge in [0, 0.05) is 12.2 Å². The van der Waals surface area contributed by atoms with Gasteiger partial charge in [0.05, 0.1) is 5.56 Å². The first kappa shape index (κ1) is 10.1. The van der Waals surface area contributed by atoms with Crippen molar-refractivity contribution < 1.29 is 4.79 Å². The molecule has 0 amide bonds. The molecule has 0 aromatic carbocycles. The normalized spacial score (nSPS) is 13.9. The molecule has 3 heteroatoms. The first-order valence-corrected chi connectivity index (χ1v) is 5.48. The van der Waals surface area contributed by atoms with Crippen LogP contribution in [0.2, 0.25) is 0 Å². The van der Waals surface area contributed by atoms with Crippen molar-refractivity contribution in [3.05, 3.63) is 33.2 Å². The van der Waals surface area contributed by atoms with Crippen LogP contribution in [0, 0.1) is 0 Å². The molecule has 1 aromatic heterocycles. The minimum absolute atomic E-state index is 0.118. The van der Waals surface area contributed by atoms with E-state index in [1.807, 2.05) is 6.92 Å². The Morgan fingerprint density at radius 3 is 2.93 bits per heavy atom. The van der Waals surface area contributed by atoms with E-state index >= 15 is 0 Å². The van der Waals surface area contributed by atoms with Crippen LogP contribution >= 0.6 is 0 Å². The van der Waals surface area contributed by atoms with Crippen LogP contribution in [0.1, 0.15) is 41.4 Å². The smallest absolute Gasteiger partial charge is 0.261 e. The van der Waals surface area contributed by atoms with Crippen molar-refractivity contribution in [2.24, 2.45) is 0 Å². The van der Waals surface area contributed by atoms with Crippen LogP contribution in [0.3, 0.4) is 0 Å². The molecule has 0 N–H and O–H groups in total. The van der Waals surface area contributed by atoms with Crippen LogP contribution < -0.4 is 5.56 Å². The van der Waals surface area contributed by atoms with E-state index in [0.717, 1.165) is 37.9 Å². The molecule has 0 radical (unpaired) electrons. The van der Waals surface area contributed by atoms with E-state index in [-0.39, 0.29) is 5.56 Å². The molecule has 15 heavy (non-hydrogen) atoms. The van der Waals surface area contributed by atoms with Gasteiger partial charge in [-0.25, -0.2) is 0 Å². The van der Waals surface area contributed by atoms with Gasteiger partial charge in [-0.3, -0.25) is 9.59 Å². The van der Waals surface area contributed by atoms with E-state index in [9.17, 15) is 9.59 Å². The van der Waals surface area contributed by atoms with E-state index in [2.05, 4.69) is 0 Å². The van der Waals surface area contributed by atoms with Crippen LogP contribution in [-0.2, 0) is 19.4 Å². The molecule has 1 heterocycles. The van der Waals surface area contributed by atoms with Crippen LogP contribution in [0.25, 0.3) is 0 Å². The highest BCUT2D eigenvalue weighted by atomic mass is 16.1. The highest BCUT2D eigenvalue weighted by molar-refractivity contribution is 5.74. The Balaban J connectivity index is 2.63. The van der Waals surface area contributed by atoms with E-state index < -0.39 is 0 Å². The zero-order chi connectivity index (χ0) is 10.8. The Morgan fingerprint density at radius 2 is 2.27 bits per heavy atom. The molecular formula is C12H15NO2. The summed E-state index contributed by atoms with van der Waals surface area (Å²) in [5.74, 6) is 0. The topological polar surface area (TPSA) is 39.1 Å². The zero-order valence-electron chi connectivity index (χ0n) is 8.95. The van der Waals surface area contributed by atoms with Crippen LogP contribution in [0.4, 0.5) is 0 Å². The van der Waals surface area contributed by atoms with E-state index in [1.54, 1.807) is 10.6 Å². The molecule has 1 aliphatic rings. The van der Waals surface area contributed by atoms with Crippen LogP contribution in [0.15, 0.2) is 10.9 Å². The third kappa shape index (κ3) is 1.62. The number of fused-ring (bicyclic) bond motifs is 1. The Bertz CT molecular complexity index is 446. The summed E-state index contributed by atoms with van der Waals surface area (Å²) in [4.78, 5) is 22.7. The highest BCUT2D eigenvalue weighted by Gasteiger charge is 2.18. The molecule has 0 aliphatic heterocycles. The van der Waals surface area contributed by atoms with Gasteiger partial charge in [0.15, 0.2) is 6.29 Å². The van der Waals surface area contributed by atoms with Gasteiger partial charge < -0.3 is 4.57 Å². The molecular weight excluding hydrogens is 190 g/mol. The van der Waals surface area contributed by atoms with Gasteiger partial charge in [-0.2, -0.15) is 0 Å². The van der Waals surface area contributed by atoms with E-state index in [0.29, 0.717) is 11.8 Å². The minimum atomic E-state index is -0.118. The summed E-state index contributed by atoms with van der Waals surface area (Å²) in [6.45, 7) is 2.77. The number of aryl methyl sites for hydroxylation is 1. The number of aromatic nitrogens is 1. The maximum atomic E-state index is 11.9. The molecule has 0 fully saturated rings. The number of hydrogen-bond acceptors (Lipinski definition) is 2. The Hall–Kier alpha value is -1.38. The number of nitrogens with zero attached hydrogens (tertiary/aromatic N) is 1. The van der Waals surface area contributed by atoms with Gasteiger partial charge in [0.25, 0.3) is 5.56 Å². The van der Waals surface area contributed by atoms with Crippen molar-refractivity contribution in [1.82, 2.24) is 4.57 Å². The number of carbonyl (C=O) groups excluding carboxylic acids is 1. The van der Waals surface area contributed by atoms with Gasteiger partial charge in [0.2, 0.25) is 0 Å². The Labute approximate surface area is 88.7 Å². The molecule has 0 atom stereocenters. The highest BCUT2D eigenvalue weighted by Crippen LogP contribution is 2.21. The maximum Gasteiger partial charge on any atom is 0.261 e. The fourth-order valence-electron chi connectivity index (χ4n) is 2.29. The summed E-state index contributed by atoms with van der Waals surface area (Å²) >= 11 is 0. The van der Waals surface area contributed by atoms with E-state index in [4.69, 9.17) is 0 Å². The third-order valence-electron chi connectivity index (χ3n) is 2.95. The lowest BCUT2D eigenvalue weighted by Gasteiger charge is -2.11. The number of aldehydes is 1. The van der Waals surface area contributed by atoms with Gasteiger partial charge >= 0.3 is 0 Å². The lowest BCUT2D eigenvalue weighted by Crippen LogP contribution is -2.26. The molecule has 2 rings (SSSR count). The zero-order valence-corrected chi connectivity index (χ0v) is 8.95. The Morgan fingerprint density at radius 1 is 1.47 bits per heavy atom. The van der Waals surface area contributed by atoms with Gasteiger partial charge in [-0.05, 0) is 37.3 Å². The van der Waals surface area contributed by atoms with Crippen LogP contribution in [0.5, 0.6) is 0 Å². The lowest BCUT2D eigenvalue weighted by molar-refractivity contribution is 0.112. The van der Waals surface area contributed by atoms with Crippen molar-refractivity contribution in [2.75, 3.05) is 0 Å². The van der Waals surface area contributed by atoms with Crippen molar-refractivity contribution in [3.63, 3.8) is 0 Å². The average molecular weight is 205 g/mol. The number of carbonyl (C=O) groups is 1. The Kier molecular flexibility index (Phi) is 2.71. The van der Waals surface area contributed by atoms with Crippen molar-refractivity contribution in [2.45, 2.75) is 39.2 Å². The summed E-state index contributed by atoms with van der Waals surface area (Å²) in [5.41, 5.74) is 2.52. The molecule has 0 unspecified atom stereocenters. The maximum absolute atomic E-state index is 11.9. The third-order valence-corrected chi connectivity index (χ3v) is 2.95. The summed E-state index contributed by atoms with van der Waals surface area (Å²) in [6.07, 6.45) is 4.67. The quantitative estimate of drug-likeness (QED) is 0.702. The molecule has 0 saturated carbocycles. The minimum Gasteiger partial charge on any atom is -0.312 e. The number of rotatable bonds is 3. The lowest BCUT2D eigenvalue weighted by atomic mass is 10.1. The van der Waals surface area contributed by atoms with E-state index in [1.165, 1.54) is 5.56 Å². The SMILES string of the molecule is CCCn1c2c(cc(C=O)c1=O)CCC2. The predicted molar refractivity (Wildman–Crippen MR) is 58.4 cm³/mol. The molecule has 0 saturated heterocycles. The first-order valence-electron chi connectivity index (χ1n) is 5.48. The number of pyridine rings is 1.